The normalized spacial score (nSPS) is 15.3. The summed E-state index contributed by atoms with van der Waals surface area (Å²) in [6.45, 7) is 0. The summed E-state index contributed by atoms with van der Waals surface area (Å²) >= 11 is 0. The minimum absolute atomic E-state index is 0.0857. The average molecular weight is 760 g/mol. The summed E-state index contributed by atoms with van der Waals surface area (Å²) in [5, 5.41) is 10.0. The summed E-state index contributed by atoms with van der Waals surface area (Å²) in [7, 11) is 0. The largest absolute Gasteiger partial charge is 0.309 e. The lowest BCUT2D eigenvalue weighted by molar-refractivity contribution is -0.527. The predicted molar refractivity (Wildman–Crippen MR) is 240 cm³/mol. The van der Waals surface area contributed by atoms with Crippen molar-refractivity contribution in [1.29, 1.82) is 0 Å². The van der Waals surface area contributed by atoms with Crippen molar-refractivity contribution in [2.45, 2.75) is 12.3 Å². The predicted octanol–water partition coefficient (Wildman–Crippen LogP) is 10.1. The zero-order valence-electron chi connectivity index (χ0n) is 32.1. The van der Waals surface area contributed by atoms with E-state index in [1.807, 2.05) is 24.3 Å². The molecule has 59 heavy (non-hydrogen) atoms. The van der Waals surface area contributed by atoms with E-state index in [1.54, 1.807) is 0 Å². The quantitative estimate of drug-likeness (QED) is 0.151. The van der Waals surface area contributed by atoms with Crippen LogP contribution < -0.4 is 15.6 Å². The molecule has 0 amide bonds. The number of aromatic nitrogens is 3. The molecule has 2 unspecified atom stereocenters. The Bertz CT molecular complexity index is 3160. The van der Waals surface area contributed by atoms with Gasteiger partial charge in [0.1, 0.15) is 0 Å². The first-order valence-corrected chi connectivity index (χ1v) is 20.1. The molecule has 0 fully saturated rings. The molecular formula is C53H39N6+. The first-order valence-electron chi connectivity index (χ1n) is 20.1. The number of amidine groups is 1. The highest BCUT2D eigenvalue weighted by molar-refractivity contribution is 6.10. The molecule has 0 aliphatic carbocycles. The molecule has 2 aromatic heterocycles. The summed E-state index contributed by atoms with van der Waals surface area (Å²) in [5.74, 6) is 0.988. The van der Waals surface area contributed by atoms with Crippen LogP contribution in [0.3, 0.4) is 0 Å². The number of rotatable bonds is 7. The first-order chi connectivity index (χ1) is 29.2. The maximum Gasteiger partial charge on any atom is 0.278 e. The molecule has 280 valence electrons. The molecule has 11 rings (SSSR count). The highest BCUT2D eigenvalue weighted by Crippen LogP contribution is 2.37. The monoisotopic (exact) mass is 759 g/mol. The third-order valence-corrected chi connectivity index (χ3v) is 11.3. The lowest BCUT2D eigenvalue weighted by Crippen LogP contribution is -2.85. The smallest absolute Gasteiger partial charge is 0.278 e. The molecule has 0 saturated carbocycles. The minimum atomic E-state index is -0.151. The zero-order valence-corrected chi connectivity index (χ0v) is 32.1. The lowest BCUT2D eigenvalue weighted by Gasteiger charge is -2.27. The molecule has 0 radical (unpaired) electrons. The van der Waals surface area contributed by atoms with E-state index in [-0.39, 0.29) is 12.3 Å². The number of para-hydroxylation sites is 1. The summed E-state index contributed by atoms with van der Waals surface area (Å²) in [6.07, 6.45) is -0.236. The third-order valence-electron chi connectivity index (χ3n) is 11.3. The molecule has 3 heterocycles. The number of nitrogens with one attached hydrogen (secondary N) is 3. The SMILES string of the molecule is c1ccc(C2=[NH+]C(c3ccccc3)NC(c3cccc(-n4c5ccccc5c5ccc(-c6ccc7nc(-c8ccccc8)c(-c8ccccc8)nc7c6)cc54)c3)N2)cc1. The van der Waals surface area contributed by atoms with Crippen LogP contribution in [0.1, 0.15) is 29.0 Å². The molecule has 1 aliphatic rings. The van der Waals surface area contributed by atoms with Crippen molar-refractivity contribution in [1.82, 2.24) is 25.2 Å². The van der Waals surface area contributed by atoms with Gasteiger partial charge in [-0.2, -0.15) is 0 Å². The second-order valence-corrected chi connectivity index (χ2v) is 15.0. The van der Waals surface area contributed by atoms with E-state index in [1.165, 1.54) is 16.3 Å². The highest BCUT2D eigenvalue weighted by atomic mass is 15.3. The first kappa shape index (κ1) is 34.6. The van der Waals surface area contributed by atoms with E-state index in [0.29, 0.717) is 0 Å². The number of benzene rings is 8. The van der Waals surface area contributed by atoms with E-state index in [4.69, 9.17) is 9.97 Å². The second-order valence-electron chi connectivity index (χ2n) is 15.0. The molecule has 3 N–H and O–H groups in total. The summed E-state index contributed by atoms with van der Waals surface area (Å²) in [6, 6.07) is 72.5. The summed E-state index contributed by atoms with van der Waals surface area (Å²) in [5.41, 5.74) is 14.6. The second kappa shape index (κ2) is 14.7. The van der Waals surface area contributed by atoms with Crippen molar-refractivity contribution in [3.8, 4) is 39.3 Å². The van der Waals surface area contributed by atoms with Gasteiger partial charge in [-0.15, -0.1) is 0 Å². The Labute approximate surface area is 342 Å². The van der Waals surface area contributed by atoms with Gasteiger partial charge in [-0.25, -0.2) is 15.3 Å². The Balaban J connectivity index is 1.01. The van der Waals surface area contributed by atoms with E-state index in [2.05, 4.69) is 202 Å². The molecule has 8 aromatic carbocycles. The van der Waals surface area contributed by atoms with Crippen molar-refractivity contribution in [3.63, 3.8) is 0 Å². The fourth-order valence-electron chi connectivity index (χ4n) is 8.46. The molecular weight excluding hydrogens is 721 g/mol. The molecule has 0 bridgehead atoms. The van der Waals surface area contributed by atoms with Crippen molar-refractivity contribution in [2.75, 3.05) is 0 Å². The van der Waals surface area contributed by atoms with Crippen LogP contribution in [0.2, 0.25) is 0 Å². The van der Waals surface area contributed by atoms with Crippen LogP contribution in [-0.2, 0) is 0 Å². The molecule has 6 heteroatoms. The molecule has 1 aliphatic heterocycles. The third kappa shape index (κ3) is 6.42. The van der Waals surface area contributed by atoms with Gasteiger partial charge in [-0.3, -0.25) is 10.3 Å². The molecule has 0 saturated heterocycles. The maximum absolute atomic E-state index is 5.29. The van der Waals surface area contributed by atoms with Crippen LogP contribution >= 0.6 is 0 Å². The standard InChI is InChI=1S/C53H38N6/c1-5-16-35(17-6-1)49-50(36-18-7-2-8-19-36)55-46-33-39(29-31-45(46)54-49)40-28-30-44-43-26-13-14-27-47(43)59(48(44)34-40)42-25-15-24-41(32-42)53-57-51(37-20-9-3-10-21-37)56-52(58-53)38-22-11-4-12-23-38/h1-34,51,53,57H,(H,56,58)/p+1. The van der Waals surface area contributed by atoms with Crippen molar-refractivity contribution >= 4 is 38.7 Å². The van der Waals surface area contributed by atoms with Gasteiger partial charge in [0.25, 0.3) is 5.84 Å². The molecule has 2 atom stereocenters. The number of fused-ring (bicyclic) bond motifs is 4. The van der Waals surface area contributed by atoms with Crippen molar-refractivity contribution in [3.05, 3.63) is 223 Å². The Morgan fingerprint density at radius 2 is 1.00 bits per heavy atom. The van der Waals surface area contributed by atoms with Gasteiger partial charge in [0.2, 0.25) is 0 Å². The van der Waals surface area contributed by atoms with Crippen LogP contribution in [0.5, 0.6) is 0 Å². The van der Waals surface area contributed by atoms with E-state index in [0.717, 1.165) is 78.4 Å². The Hall–Kier alpha value is -7.67. The van der Waals surface area contributed by atoms with Crippen LogP contribution in [-0.4, -0.2) is 20.4 Å². The highest BCUT2D eigenvalue weighted by Gasteiger charge is 2.31. The van der Waals surface area contributed by atoms with Gasteiger partial charge >= 0.3 is 0 Å². The fraction of sp³-hybridized carbons (Fsp3) is 0.0377. The Morgan fingerprint density at radius 3 is 1.73 bits per heavy atom. The molecule has 10 aromatic rings. The van der Waals surface area contributed by atoms with Crippen molar-refractivity contribution in [2.24, 2.45) is 0 Å². The average Bonchev–Trinajstić information content (AvgIpc) is 3.65. The Kier molecular flexibility index (Phi) is 8.60. The summed E-state index contributed by atoms with van der Waals surface area (Å²) < 4.78 is 2.40. The van der Waals surface area contributed by atoms with Gasteiger partial charge in [-0.1, -0.05) is 158 Å². The topological polar surface area (TPSA) is 68.7 Å². The van der Waals surface area contributed by atoms with E-state index < -0.39 is 0 Å². The van der Waals surface area contributed by atoms with Crippen molar-refractivity contribution < 1.29 is 4.99 Å². The number of nitrogens with zero attached hydrogens (tertiary/aromatic N) is 3. The zero-order chi connectivity index (χ0) is 39.1. The van der Waals surface area contributed by atoms with Crippen LogP contribution in [0, 0.1) is 0 Å². The van der Waals surface area contributed by atoms with Gasteiger partial charge in [0.05, 0.1) is 39.0 Å². The van der Waals surface area contributed by atoms with Crippen LogP contribution in [0.4, 0.5) is 0 Å². The van der Waals surface area contributed by atoms with E-state index in [9.17, 15) is 0 Å². The van der Waals surface area contributed by atoms with Crippen LogP contribution in [0.25, 0.3) is 72.2 Å². The number of hydrogen-bond donors (Lipinski definition) is 3. The van der Waals surface area contributed by atoms with Gasteiger partial charge in [-0.05, 0) is 59.7 Å². The maximum atomic E-state index is 5.29. The lowest BCUT2D eigenvalue weighted by atomic mass is 10.0. The number of hydrogen-bond acceptors (Lipinski definition) is 4. The van der Waals surface area contributed by atoms with Gasteiger partial charge in [0, 0.05) is 38.7 Å². The minimum Gasteiger partial charge on any atom is -0.309 e. The summed E-state index contributed by atoms with van der Waals surface area (Å²) in [4.78, 5) is 14.2. The fourth-order valence-corrected chi connectivity index (χ4v) is 8.46. The Morgan fingerprint density at radius 1 is 0.424 bits per heavy atom. The van der Waals surface area contributed by atoms with E-state index >= 15 is 0 Å². The molecule has 0 spiro atoms. The molecule has 6 nitrogen and oxygen atoms in total. The van der Waals surface area contributed by atoms with Crippen LogP contribution in [0.15, 0.2) is 206 Å². The van der Waals surface area contributed by atoms with Gasteiger partial charge < -0.3 is 4.57 Å². The van der Waals surface area contributed by atoms with Gasteiger partial charge in [0.15, 0.2) is 12.3 Å².